The summed E-state index contributed by atoms with van der Waals surface area (Å²) >= 11 is 0. The molecule has 0 aromatic heterocycles. The number of carbonyl (C=O) groups is 2. The summed E-state index contributed by atoms with van der Waals surface area (Å²) < 4.78 is 4.91. The molecule has 0 spiro atoms. The highest BCUT2D eigenvalue weighted by Gasteiger charge is 2.09. The van der Waals surface area contributed by atoms with Crippen molar-refractivity contribution >= 4 is 11.8 Å². The van der Waals surface area contributed by atoms with Crippen LogP contribution < -0.4 is 10.6 Å². The van der Waals surface area contributed by atoms with E-state index in [0.717, 1.165) is 5.56 Å². The van der Waals surface area contributed by atoms with Crippen molar-refractivity contribution in [1.82, 2.24) is 10.6 Å². The van der Waals surface area contributed by atoms with Crippen LogP contribution in [-0.4, -0.2) is 38.1 Å². The van der Waals surface area contributed by atoms with E-state index >= 15 is 0 Å². The Morgan fingerprint density at radius 1 is 1.26 bits per heavy atom. The Hall–Kier alpha value is -1.88. The summed E-state index contributed by atoms with van der Waals surface area (Å²) in [5.74, 6) is -0.487. The standard InChI is InChI=1S/C14H20N2O3/c1-10-4-6-12(7-5-10)14(18)15-8-13(17)16-11(2)9-19-3/h4-7,11H,8-9H2,1-3H3,(H,15,18)(H,16,17). The van der Waals surface area contributed by atoms with Gasteiger partial charge in [-0.3, -0.25) is 9.59 Å². The van der Waals surface area contributed by atoms with Crippen LogP contribution in [0.1, 0.15) is 22.8 Å². The molecule has 2 N–H and O–H groups in total. The van der Waals surface area contributed by atoms with Crippen molar-refractivity contribution < 1.29 is 14.3 Å². The van der Waals surface area contributed by atoms with E-state index in [2.05, 4.69) is 10.6 Å². The number of carbonyl (C=O) groups excluding carboxylic acids is 2. The highest BCUT2D eigenvalue weighted by molar-refractivity contribution is 5.96. The average molecular weight is 264 g/mol. The van der Waals surface area contributed by atoms with Crippen LogP contribution in [0.2, 0.25) is 0 Å². The Morgan fingerprint density at radius 2 is 1.89 bits per heavy atom. The third-order valence-electron chi connectivity index (χ3n) is 2.55. The molecule has 5 nitrogen and oxygen atoms in total. The molecule has 1 aromatic carbocycles. The fraction of sp³-hybridized carbons (Fsp3) is 0.429. The minimum absolute atomic E-state index is 0.0409. The number of hydrogen-bond acceptors (Lipinski definition) is 3. The first kappa shape index (κ1) is 15.2. The van der Waals surface area contributed by atoms with Gasteiger partial charge in [0.2, 0.25) is 5.91 Å². The number of methoxy groups -OCH3 is 1. The summed E-state index contributed by atoms with van der Waals surface area (Å²) in [5, 5.41) is 5.29. The molecular formula is C14H20N2O3. The molecule has 1 rings (SSSR count). The minimum Gasteiger partial charge on any atom is -0.383 e. The fourth-order valence-electron chi connectivity index (χ4n) is 1.59. The minimum atomic E-state index is -0.255. The van der Waals surface area contributed by atoms with Gasteiger partial charge >= 0.3 is 0 Å². The topological polar surface area (TPSA) is 67.4 Å². The largest absolute Gasteiger partial charge is 0.383 e. The molecule has 0 aliphatic heterocycles. The van der Waals surface area contributed by atoms with E-state index in [1.165, 1.54) is 0 Å². The Balaban J connectivity index is 2.37. The molecule has 0 radical (unpaired) electrons. The van der Waals surface area contributed by atoms with Crippen molar-refractivity contribution in [1.29, 1.82) is 0 Å². The molecular weight excluding hydrogens is 244 g/mol. The number of nitrogens with one attached hydrogen (secondary N) is 2. The lowest BCUT2D eigenvalue weighted by Gasteiger charge is -2.13. The number of ether oxygens (including phenoxy) is 1. The lowest BCUT2D eigenvalue weighted by atomic mass is 10.1. The van der Waals surface area contributed by atoms with E-state index in [-0.39, 0.29) is 24.4 Å². The number of hydrogen-bond donors (Lipinski definition) is 2. The van der Waals surface area contributed by atoms with Crippen LogP contribution >= 0.6 is 0 Å². The highest BCUT2D eigenvalue weighted by Crippen LogP contribution is 2.02. The van der Waals surface area contributed by atoms with Crippen molar-refractivity contribution in [3.8, 4) is 0 Å². The maximum Gasteiger partial charge on any atom is 0.251 e. The first-order valence-electron chi connectivity index (χ1n) is 6.16. The first-order chi connectivity index (χ1) is 9.02. The smallest absolute Gasteiger partial charge is 0.251 e. The average Bonchev–Trinajstić information content (AvgIpc) is 2.37. The highest BCUT2D eigenvalue weighted by atomic mass is 16.5. The van der Waals surface area contributed by atoms with E-state index in [4.69, 9.17) is 4.74 Å². The molecule has 0 aliphatic rings. The quantitative estimate of drug-likeness (QED) is 0.801. The Morgan fingerprint density at radius 3 is 2.47 bits per heavy atom. The van der Waals surface area contributed by atoms with Gasteiger partial charge in [-0.05, 0) is 26.0 Å². The fourth-order valence-corrected chi connectivity index (χ4v) is 1.59. The SMILES string of the molecule is COCC(C)NC(=O)CNC(=O)c1ccc(C)cc1. The summed E-state index contributed by atoms with van der Waals surface area (Å²) in [5.41, 5.74) is 1.63. The summed E-state index contributed by atoms with van der Waals surface area (Å²) in [6.07, 6.45) is 0. The zero-order valence-corrected chi connectivity index (χ0v) is 11.5. The molecule has 19 heavy (non-hydrogen) atoms. The molecule has 0 bridgehead atoms. The van der Waals surface area contributed by atoms with E-state index in [1.54, 1.807) is 19.2 Å². The zero-order chi connectivity index (χ0) is 14.3. The van der Waals surface area contributed by atoms with Crippen molar-refractivity contribution in [2.45, 2.75) is 19.9 Å². The summed E-state index contributed by atoms with van der Waals surface area (Å²) in [7, 11) is 1.57. The Kier molecular flexibility index (Phi) is 6.02. The molecule has 0 aliphatic carbocycles. The molecule has 0 saturated carbocycles. The van der Waals surface area contributed by atoms with Gasteiger partial charge in [0, 0.05) is 18.7 Å². The first-order valence-corrected chi connectivity index (χ1v) is 6.16. The molecule has 104 valence electrons. The van der Waals surface area contributed by atoms with E-state index < -0.39 is 0 Å². The molecule has 0 saturated heterocycles. The van der Waals surface area contributed by atoms with E-state index in [0.29, 0.717) is 12.2 Å². The Labute approximate surface area is 113 Å². The monoisotopic (exact) mass is 264 g/mol. The maximum absolute atomic E-state index is 11.8. The van der Waals surface area contributed by atoms with Crippen LogP contribution in [0.15, 0.2) is 24.3 Å². The van der Waals surface area contributed by atoms with Crippen LogP contribution in [0.5, 0.6) is 0 Å². The van der Waals surface area contributed by atoms with E-state index in [1.807, 2.05) is 26.0 Å². The number of aryl methyl sites for hydroxylation is 1. The third-order valence-corrected chi connectivity index (χ3v) is 2.55. The number of rotatable bonds is 6. The van der Waals surface area contributed by atoms with Gasteiger partial charge in [0.1, 0.15) is 0 Å². The normalized spacial score (nSPS) is 11.7. The van der Waals surface area contributed by atoms with Gasteiger partial charge in [-0.25, -0.2) is 0 Å². The van der Waals surface area contributed by atoms with Gasteiger partial charge in [0.25, 0.3) is 5.91 Å². The predicted octanol–water partition coefficient (Wildman–Crippen LogP) is 0.876. The van der Waals surface area contributed by atoms with Gasteiger partial charge < -0.3 is 15.4 Å². The van der Waals surface area contributed by atoms with Crippen molar-refractivity contribution in [3.05, 3.63) is 35.4 Å². The van der Waals surface area contributed by atoms with Gasteiger partial charge in [-0.2, -0.15) is 0 Å². The molecule has 2 amide bonds. The molecule has 1 atom stereocenters. The van der Waals surface area contributed by atoms with Crippen LogP contribution in [0.25, 0.3) is 0 Å². The lowest BCUT2D eigenvalue weighted by Crippen LogP contribution is -2.42. The second-order valence-electron chi connectivity index (χ2n) is 4.47. The third kappa shape index (κ3) is 5.52. The van der Waals surface area contributed by atoms with E-state index in [9.17, 15) is 9.59 Å². The zero-order valence-electron chi connectivity index (χ0n) is 11.5. The second kappa shape index (κ2) is 7.53. The van der Waals surface area contributed by atoms with Crippen LogP contribution in [-0.2, 0) is 9.53 Å². The molecule has 0 fully saturated rings. The number of amides is 2. The molecule has 5 heteroatoms. The maximum atomic E-state index is 11.8. The Bertz CT molecular complexity index is 429. The molecule has 1 unspecified atom stereocenters. The molecule has 1 aromatic rings. The van der Waals surface area contributed by atoms with Gasteiger partial charge in [0.05, 0.1) is 13.2 Å². The summed E-state index contributed by atoms with van der Waals surface area (Å²) in [6.45, 7) is 4.19. The van der Waals surface area contributed by atoms with Crippen LogP contribution in [0, 0.1) is 6.92 Å². The number of benzene rings is 1. The van der Waals surface area contributed by atoms with Gasteiger partial charge in [-0.15, -0.1) is 0 Å². The lowest BCUT2D eigenvalue weighted by molar-refractivity contribution is -0.121. The second-order valence-corrected chi connectivity index (χ2v) is 4.47. The van der Waals surface area contributed by atoms with Crippen LogP contribution in [0.3, 0.4) is 0 Å². The summed E-state index contributed by atoms with van der Waals surface area (Å²) in [4.78, 5) is 23.3. The van der Waals surface area contributed by atoms with Gasteiger partial charge in [-0.1, -0.05) is 17.7 Å². The van der Waals surface area contributed by atoms with Crippen molar-refractivity contribution in [3.63, 3.8) is 0 Å². The molecule has 0 heterocycles. The van der Waals surface area contributed by atoms with Crippen molar-refractivity contribution in [2.24, 2.45) is 0 Å². The summed E-state index contributed by atoms with van der Waals surface area (Å²) in [6, 6.07) is 7.10. The van der Waals surface area contributed by atoms with Crippen LogP contribution in [0.4, 0.5) is 0 Å². The predicted molar refractivity (Wildman–Crippen MR) is 73.0 cm³/mol. The van der Waals surface area contributed by atoms with Crippen molar-refractivity contribution in [2.75, 3.05) is 20.3 Å². The van der Waals surface area contributed by atoms with Gasteiger partial charge in [0.15, 0.2) is 0 Å².